The first-order valence-electron chi connectivity index (χ1n) is 4.24. The van der Waals surface area contributed by atoms with Crippen LogP contribution in [0.2, 0.25) is 0 Å². The fraction of sp³-hybridized carbons (Fsp3) is 0.222. The number of sulfonamides is 1. The first-order valence-corrected chi connectivity index (χ1v) is 6.68. The maximum absolute atomic E-state index is 11.5. The van der Waals surface area contributed by atoms with Gasteiger partial charge < -0.3 is 4.74 Å². The fourth-order valence-corrected chi connectivity index (χ4v) is 2.02. The smallest absolute Gasteiger partial charge is 0.264 e. The van der Waals surface area contributed by atoms with Crippen molar-refractivity contribution in [2.75, 3.05) is 13.0 Å². The van der Waals surface area contributed by atoms with Gasteiger partial charge in [-0.15, -0.1) is 0 Å². The molecule has 1 rings (SSSR count). The van der Waals surface area contributed by atoms with Crippen molar-refractivity contribution in [3.05, 3.63) is 34.3 Å². The highest BCUT2D eigenvalue weighted by Crippen LogP contribution is 2.10. The molecule has 5 nitrogen and oxygen atoms in total. The molecule has 0 atom stereocenters. The lowest BCUT2D eigenvalue weighted by atomic mass is 10.2. The van der Waals surface area contributed by atoms with Crippen molar-refractivity contribution in [2.45, 2.75) is 0 Å². The van der Waals surface area contributed by atoms with Crippen molar-refractivity contribution >= 4 is 31.9 Å². The van der Waals surface area contributed by atoms with Crippen LogP contribution in [0.4, 0.5) is 0 Å². The normalized spacial score (nSPS) is 11.1. The minimum Gasteiger partial charge on any atom is -0.367 e. The summed E-state index contributed by atoms with van der Waals surface area (Å²) in [4.78, 5) is 11.5. The molecule has 0 saturated heterocycles. The summed E-state index contributed by atoms with van der Waals surface area (Å²) in [5.41, 5.74) is 0.267. The van der Waals surface area contributed by atoms with Crippen LogP contribution in [0.25, 0.3) is 0 Å². The minimum atomic E-state index is -3.72. The third kappa shape index (κ3) is 3.92. The van der Waals surface area contributed by atoms with Crippen LogP contribution < -0.4 is 4.72 Å². The van der Waals surface area contributed by atoms with Crippen molar-refractivity contribution in [3.63, 3.8) is 0 Å². The zero-order valence-corrected chi connectivity index (χ0v) is 10.8. The Morgan fingerprint density at radius 2 is 1.94 bits per heavy atom. The molecule has 88 valence electrons. The maximum Gasteiger partial charge on any atom is 0.264 e. The third-order valence-electron chi connectivity index (χ3n) is 1.63. The summed E-state index contributed by atoms with van der Waals surface area (Å²) in [6.07, 6.45) is 0. The molecule has 0 aliphatic rings. The van der Waals surface area contributed by atoms with Crippen LogP contribution in [0.5, 0.6) is 0 Å². The van der Waals surface area contributed by atoms with Gasteiger partial charge in [-0.25, -0.2) is 13.1 Å². The summed E-state index contributed by atoms with van der Waals surface area (Å²) in [6.45, 7) is 0. The van der Waals surface area contributed by atoms with E-state index in [1.165, 1.54) is 19.2 Å². The zero-order valence-electron chi connectivity index (χ0n) is 8.44. The predicted molar refractivity (Wildman–Crippen MR) is 62.4 cm³/mol. The maximum atomic E-state index is 11.5. The Morgan fingerprint density at radius 1 is 1.38 bits per heavy atom. The molecule has 7 heteroatoms. The van der Waals surface area contributed by atoms with Gasteiger partial charge in [0.25, 0.3) is 15.9 Å². The molecule has 16 heavy (non-hydrogen) atoms. The summed E-state index contributed by atoms with van der Waals surface area (Å²) in [7, 11) is -2.48. The Bertz CT molecular complexity index is 469. The van der Waals surface area contributed by atoms with Crippen LogP contribution in [0.15, 0.2) is 28.7 Å². The number of nitrogens with one attached hydrogen (secondary N) is 1. The molecular formula is C9H10BrNO4S. The van der Waals surface area contributed by atoms with E-state index >= 15 is 0 Å². The van der Waals surface area contributed by atoms with E-state index in [1.54, 1.807) is 12.1 Å². The summed E-state index contributed by atoms with van der Waals surface area (Å²) < 4.78 is 29.6. The van der Waals surface area contributed by atoms with Crippen molar-refractivity contribution in [2.24, 2.45) is 0 Å². The van der Waals surface area contributed by atoms with Crippen LogP contribution >= 0.6 is 15.9 Å². The van der Waals surface area contributed by atoms with Crippen molar-refractivity contribution < 1.29 is 17.9 Å². The van der Waals surface area contributed by atoms with Gasteiger partial charge in [0.05, 0.1) is 0 Å². The van der Waals surface area contributed by atoms with Crippen molar-refractivity contribution in [1.82, 2.24) is 4.72 Å². The standard InChI is InChI=1S/C9H10BrNO4S/c1-15-6-16(13,14)11-9(12)7-2-4-8(10)5-3-7/h2-5H,6H2,1H3,(H,11,12). The number of hydrogen-bond donors (Lipinski definition) is 1. The Kier molecular flexibility index (Phi) is 4.45. The average Bonchev–Trinajstić information content (AvgIpc) is 2.17. The Morgan fingerprint density at radius 3 is 2.44 bits per heavy atom. The van der Waals surface area contributed by atoms with Crippen LogP contribution in [-0.4, -0.2) is 27.4 Å². The third-order valence-corrected chi connectivity index (χ3v) is 3.20. The molecule has 1 amide bonds. The molecular weight excluding hydrogens is 298 g/mol. The quantitative estimate of drug-likeness (QED) is 0.904. The van der Waals surface area contributed by atoms with E-state index in [0.717, 1.165) is 4.47 Å². The summed E-state index contributed by atoms with van der Waals surface area (Å²) in [6, 6.07) is 6.33. The molecule has 1 N–H and O–H groups in total. The van der Waals surface area contributed by atoms with E-state index in [2.05, 4.69) is 20.7 Å². The van der Waals surface area contributed by atoms with Crippen LogP contribution in [0, 0.1) is 0 Å². The van der Waals surface area contributed by atoms with Crippen molar-refractivity contribution in [3.8, 4) is 0 Å². The van der Waals surface area contributed by atoms with E-state index in [9.17, 15) is 13.2 Å². The topological polar surface area (TPSA) is 72.5 Å². The van der Waals surface area contributed by atoms with Gasteiger partial charge in [-0.2, -0.15) is 0 Å². The summed E-state index contributed by atoms with van der Waals surface area (Å²) in [5.74, 6) is -1.22. The monoisotopic (exact) mass is 307 g/mol. The van der Waals surface area contributed by atoms with E-state index < -0.39 is 21.9 Å². The SMILES string of the molecule is COCS(=O)(=O)NC(=O)c1ccc(Br)cc1. The number of halogens is 1. The van der Waals surface area contributed by atoms with E-state index in [1.807, 2.05) is 4.72 Å². The molecule has 0 aliphatic carbocycles. The lowest BCUT2D eigenvalue weighted by Crippen LogP contribution is -2.32. The number of benzene rings is 1. The second kappa shape index (κ2) is 5.42. The van der Waals surface area contributed by atoms with Gasteiger partial charge in [-0.1, -0.05) is 15.9 Å². The number of ether oxygens (including phenoxy) is 1. The highest BCUT2D eigenvalue weighted by atomic mass is 79.9. The van der Waals surface area contributed by atoms with E-state index in [-0.39, 0.29) is 5.56 Å². The molecule has 1 aromatic rings. The number of carbonyl (C=O) groups excluding carboxylic acids is 1. The molecule has 0 fully saturated rings. The second-order valence-electron chi connectivity index (χ2n) is 2.96. The average molecular weight is 308 g/mol. The number of rotatable bonds is 4. The van der Waals surface area contributed by atoms with Crippen LogP contribution in [-0.2, 0) is 14.8 Å². The van der Waals surface area contributed by atoms with Gasteiger partial charge in [0.15, 0.2) is 5.94 Å². The second-order valence-corrected chi connectivity index (χ2v) is 5.54. The number of carbonyl (C=O) groups is 1. The lowest BCUT2D eigenvalue weighted by molar-refractivity contribution is 0.0979. The zero-order chi connectivity index (χ0) is 12.2. The van der Waals surface area contributed by atoms with Crippen molar-refractivity contribution in [1.29, 1.82) is 0 Å². The molecule has 0 saturated carbocycles. The first kappa shape index (κ1) is 13.1. The molecule has 0 radical (unpaired) electrons. The van der Waals surface area contributed by atoms with Crippen LogP contribution in [0.1, 0.15) is 10.4 Å². The van der Waals surface area contributed by atoms with E-state index in [4.69, 9.17) is 0 Å². The van der Waals surface area contributed by atoms with Gasteiger partial charge in [0, 0.05) is 17.1 Å². The van der Waals surface area contributed by atoms with Gasteiger partial charge in [0.1, 0.15) is 0 Å². The molecule has 0 unspecified atom stereocenters. The first-order chi connectivity index (χ1) is 7.44. The minimum absolute atomic E-state index is 0.267. The molecule has 0 spiro atoms. The Hall–Kier alpha value is -0.920. The molecule has 0 aromatic heterocycles. The predicted octanol–water partition coefficient (Wildman–Crippen LogP) is 1.11. The molecule has 0 heterocycles. The molecule has 0 aliphatic heterocycles. The Labute approximate surface area is 102 Å². The largest absolute Gasteiger partial charge is 0.367 e. The number of amides is 1. The van der Waals surface area contributed by atoms with Gasteiger partial charge in [-0.3, -0.25) is 4.79 Å². The fourth-order valence-electron chi connectivity index (χ4n) is 0.986. The lowest BCUT2D eigenvalue weighted by Gasteiger charge is -2.05. The van der Waals surface area contributed by atoms with Gasteiger partial charge in [0.2, 0.25) is 0 Å². The van der Waals surface area contributed by atoms with Gasteiger partial charge >= 0.3 is 0 Å². The highest BCUT2D eigenvalue weighted by Gasteiger charge is 2.15. The molecule has 0 bridgehead atoms. The van der Waals surface area contributed by atoms with Gasteiger partial charge in [-0.05, 0) is 24.3 Å². The molecule has 1 aromatic carbocycles. The highest BCUT2D eigenvalue weighted by molar-refractivity contribution is 9.10. The van der Waals surface area contributed by atoms with Crippen LogP contribution in [0.3, 0.4) is 0 Å². The summed E-state index contributed by atoms with van der Waals surface area (Å²) in [5, 5.41) is 0. The number of hydrogen-bond acceptors (Lipinski definition) is 4. The Balaban J connectivity index is 2.77. The van der Waals surface area contributed by atoms with E-state index in [0.29, 0.717) is 0 Å². The number of methoxy groups -OCH3 is 1. The summed E-state index contributed by atoms with van der Waals surface area (Å²) >= 11 is 3.21.